The van der Waals surface area contributed by atoms with Gasteiger partial charge in [-0.2, -0.15) is 0 Å². The molecule has 0 aliphatic heterocycles. The van der Waals surface area contributed by atoms with Gasteiger partial charge in [-0.1, -0.05) is 11.6 Å². The highest BCUT2D eigenvalue weighted by molar-refractivity contribution is 7.80. The Bertz CT molecular complexity index is 900. The highest BCUT2D eigenvalue weighted by Gasteiger charge is 2.16. The Morgan fingerprint density at radius 2 is 1.79 bits per heavy atom. The molecule has 148 valence electrons. The number of aromatic carboxylic acids is 1. The highest BCUT2D eigenvalue weighted by atomic mass is 35.5. The monoisotopic (exact) mass is 422 g/mol. The van der Waals surface area contributed by atoms with Crippen molar-refractivity contribution in [3.05, 3.63) is 52.5 Å². The number of amides is 1. The molecule has 28 heavy (non-hydrogen) atoms. The van der Waals surface area contributed by atoms with Crippen LogP contribution in [0.25, 0.3) is 0 Å². The van der Waals surface area contributed by atoms with Gasteiger partial charge in [-0.3, -0.25) is 10.1 Å². The number of carbonyl (C=O) groups excluding carboxylic acids is 1. The van der Waals surface area contributed by atoms with Gasteiger partial charge in [-0.15, -0.1) is 0 Å². The minimum absolute atomic E-state index is 0.0276. The number of nitrogens with one attached hydrogen (secondary N) is 2. The maximum absolute atomic E-state index is 12.3. The lowest BCUT2D eigenvalue weighted by Gasteiger charge is -2.15. The van der Waals surface area contributed by atoms with Gasteiger partial charge in [-0.25, -0.2) is 4.79 Å². The zero-order valence-corrected chi connectivity index (χ0v) is 17.0. The highest BCUT2D eigenvalue weighted by Crippen LogP contribution is 2.34. The molecule has 0 fully saturated rings. The molecule has 0 saturated carbocycles. The molecule has 9 heteroatoms. The first-order valence-corrected chi connectivity index (χ1v) is 8.99. The fourth-order valence-corrected chi connectivity index (χ4v) is 2.80. The summed E-state index contributed by atoms with van der Waals surface area (Å²) >= 11 is 11.2. The second kappa shape index (κ2) is 9.38. The first kappa shape index (κ1) is 21.5. The summed E-state index contributed by atoms with van der Waals surface area (Å²) in [6.45, 7) is 3.81. The number of halogens is 1. The van der Waals surface area contributed by atoms with E-state index in [0.717, 1.165) is 0 Å². The number of hydrogen-bond acceptors (Lipinski definition) is 5. The van der Waals surface area contributed by atoms with Gasteiger partial charge < -0.3 is 19.9 Å². The van der Waals surface area contributed by atoms with Crippen LogP contribution in [0.4, 0.5) is 5.69 Å². The van der Waals surface area contributed by atoms with Crippen molar-refractivity contribution < 1.29 is 24.2 Å². The SMILES string of the molecule is COc1c(Cl)cc(C(=O)O)cc1NC(=S)NC(=O)c1ccc(OC(C)C)cc1. The maximum Gasteiger partial charge on any atom is 0.335 e. The van der Waals surface area contributed by atoms with Crippen molar-refractivity contribution in [2.24, 2.45) is 0 Å². The third-order valence-electron chi connectivity index (χ3n) is 3.46. The lowest BCUT2D eigenvalue weighted by Crippen LogP contribution is -2.34. The molecule has 0 spiro atoms. The first-order chi connectivity index (χ1) is 13.2. The summed E-state index contributed by atoms with van der Waals surface area (Å²) in [7, 11) is 1.38. The Morgan fingerprint density at radius 1 is 1.14 bits per heavy atom. The standard InChI is InChI=1S/C19H19ClN2O5S/c1-10(2)27-13-6-4-11(5-7-13)17(23)22-19(28)21-15-9-12(18(24)25)8-14(20)16(15)26-3/h4-10H,1-3H3,(H,24,25)(H2,21,22,23,28). The van der Waals surface area contributed by atoms with E-state index < -0.39 is 11.9 Å². The van der Waals surface area contributed by atoms with Gasteiger partial charge in [0.2, 0.25) is 0 Å². The molecular weight excluding hydrogens is 404 g/mol. The molecule has 0 aliphatic rings. The van der Waals surface area contributed by atoms with Gasteiger partial charge in [-0.05, 0) is 62.5 Å². The minimum atomic E-state index is -1.16. The van der Waals surface area contributed by atoms with Crippen LogP contribution in [-0.2, 0) is 0 Å². The Labute approximate surface area is 172 Å². The maximum atomic E-state index is 12.3. The number of rotatable bonds is 6. The van der Waals surface area contributed by atoms with Crippen LogP contribution >= 0.6 is 23.8 Å². The Balaban J connectivity index is 2.11. The summed E-state index contributed by atoms with van der Waals surface area (Å²) in [6.07, 6.45) is 0.0276. The number of methoxy groups -OCH3 is 1. The van der Waals surface area contributed by atoms with E-state index in [1.165, 1.54) is 19.2 Å². The van der Waals surface area contributed by atoms with E-state index in [2.05, 4.69) is 10.6 Å². The van der Waals surface area contributed by atoms with Gasteiger partial charge >= 0.3 is 5.97 Å². The number of benzene rings is 2. The predicted octanol–water partition coefficient (Wildman–Crippen LogP) is 3.96. The molecule has 0 bridgehead atoms. The van der Waals surface area contributed by atoms with Crippen LogP contribution in [0, 0.1) is 0 Å². The molecule has 1 amide bonds. The van der Waals surface area contributed by atoms with Crippen molar-refractivity contribution in [3.8, 4) is 11.5 Å². The van der Waals surface area contributed by atoms with Crippen molar-refractivity contribution in [2.45, 2.75) is 20.0 Å². The molecule has 0 heterocycles. The Kier molecular flexibility index (Phi) is 7.19. The van der Waals surface area contributed by atoms with Crippen LogP contribution < -0.4 is 20.1 Å². The second-order valence-corrected chi connectivity index (χ2v) is 6.76. The number of anilines is 1. The molecule has 0 saturated heterocycles. The quantitative estimate of drug-likeness (QED) is 0.606. The Hall–Kier alpha value is -2.84. The summed E-state index contributed by atoms with van der Waals surface area (Å²) in [4.78, 5) is 23.6. The number of hydrogen-bond donors (Lipinski definition) is 3. The van der Waals surface area contributed by atoms with Gasteiger partial charge in [0.1, 0.15) is 5.75 Å². The van der Waals surface area contributed by atoms with Gasteiger partial charge in [0.25, 0.3) is 5.91 Å². The summed E-state index contributed by atoms with van der Waals surface area (Å²) in [5.74, 6) is -0.741. The number of carboxylic acid groups (broad SMARTS) is 1. The molecule has 0 atom stereocenters. The van der Waals surface area contributed by atoms with Crippen LogP contribution in [0.15, 0.2) is 36.4 Å². The zero-order valence-electron chi connectivity index (χ0n) is 15.4. The van der Waals surface area contributed by atoms with E-state index in [0.29, 0.717) is 11.3 Å². The van der Waals surface area contributed by atoms with E-state index in [-0.39, 0.29) is 33.2 Å². The lowest BCUT2D eigenvalue weighted by atomic mass is 10.2. The zero-order chi connectivity index (χ0) is 20.8. The third kappa shape index (κ3) is 5.58. The smallest absolute Gasteiger partial charge is 0.335 e. The summed E-state index contributed by atoms with van der Waals surface area (Å²) in [5.41, 5.74) is 0.547. The van der Waals surface area contributed by atoms with E-state index in [4.69, 9.17) is 38.4 Å². The summed E-state index contributed by atoms with van der Waals surface area (Å²) in [5, 5.41) is 14.5. The van der Waals surface area contributed by atoms with E-state index in [1.54, 1.807) is 24.3 Å². The van der Waals surface area contributed by atoms with Crippen LogP contribution in [0.2, 0.25) is 5.02 Å². The van der Waals surface area contributed by atoms with Crippen molar-refractivity contribution in [2.75, 3.05) is 12.4 Å². The molecular formula is C19H19ClN2O5S. The first-order valence-electron chi connectivity index (χ1n) is 8.21. The lowest BCUT2D eigenvalue weighted by molar-refractivity contribution is 0.0696. The summed E-state index contributed by atoms with van der Waals surface area (Å²) < 4.78 is 10.7. The molecule has 2 aromatic rings. The molecule has 0 aliphatic carbocycles. The average molecular weight is 423 g/mol. The minimum Gasteiger partial charge on any atom is -0.493 e. The Morgan fingerprint density at radius 3 is 2.32 bits per heavy atom. The molecule has 3 N–H and O–H groups in total. The molecule has 2 aromatic carbocycles. The number of ether oxygens (including phenoxy) is 2. The largest absolute Gasteiger partial charge is 0.493 e. The van der Waals surface area contributed by atoms with E-state index in [1.807, 2.05) is 13.8 Å². The van der Waals surface area contributed by atoms with Crippen LogP contribution in [-0.4, -0.2) is 35.3 Å². The van der Waals surface area contributed by atoms with Crippen molar-refractivity contribution in [1.29, 1.82) is 0 Å². The summed E-state index contributed by atoms with van der Waals surface area (Å²) in [6, 6.07) is 9.16. The molecule has 2 rings (SSSR count). The number of carboxylic acids is 1. The average Bonchev–Trinajstić information content (AvgIpc) is 2.61. The molecule has 0 unspecified atom stereocenters. The topological polar surface area (TPSA) is 96.9 Å². The molecule has 0 aromatic heterocycles. The van der Waals surface area contributed by atoms with Crippen LogP contribution in [0.1, 0.15) is 34.6 Å². The molecule has 0 radical (unpaired) electrons. The number of thiocarbonyl (C=S) groups is 1. The normalized spacial score (nSPS) is 10.3. The van der Waals surface area contributed by atoms with E-state index >= 15 is 0 Å². The van der Waals surface area contributed by atoms with E-state index in [9.17, 15) is 9.59 Å². The van der Waals surface area contributed by atoms with Gasteiger partial charge in [0.15, 0.2) is 10.9 Å². The molecule has 7 nitrogen and oxygen atoms in total. The fourth-order valence-electron chi connectivity index (χ4n) is 2.30. The van der Waals surface area contributed by atoms with Gasteiger partial charge in [0.05, 0.1) is 29.5 Å². The van der Waals surface area contributed by atoms with Crippen molar-refractivity contribution in [1.82, 2.24) is 5.32 Å². The van der Waals surface area contributed by atoms with Gasteiger partial charge in [0, 0.05) is 5.56 Å². The van der Waals surface area contributed by atoms with Crippen LogP contribution in [0.3, 0.4) is 0 Å². The van der Waals surface area contributed by atoms with Crippen LogP contribution in [0.5, 0.6) is 11.5 Å². The van der Waals surface area contributed by atoms with Crippen molar-refractivity contribution >= 4 is 46.5 Å². The van der Waals surface area contributed by atoms with Crippen molar-refractivity contribution in [3.63, 3.8) is 0 Å². The third-order valence-corrected chi connectivity index (χ3v) is 3.94. The second-order valence-electron chi connectivity index (χ2n) is 5.94. The predicted molar refractivity (Wildman–Crippen MR) is 111 cm³/mol. The number of carbonyl (C=O) groups is 2. The fraction of sp³-hybridized carbons (Fsp3) is 0.211.